The van der Waals surface area contributed by atoms with E-state index in [1.807, 2.05) is 0 Å². The number of benzene rings is 1. The number of fused-ring (bicyclic) bond motifs is 1. The molecule has 2 fully saturated rings. The third-order valence-electron chi connectivity index (χ3n) is 5.22. The summed E-state index contributed by atoms with van der Waals surface area (Å²) in [7, 11) is 0. The molecule has 3 heterocycles. The van der Waals surface area contributed by atoms with Crippen molar-refractivity contribution in [1.29, 1.82) is 0 Å². The lowest BCUT2D eigenvalue weighted by Gasteiger charge is -2.46. The Balaban J connectivity index is 1.30. The summed E-state index contributed by atoms with van der Waals surface area (Å²) in [6, 6.07) is 3.64. The number of ether oxygens (including phenoxy) is 1. The lowest BCUT2D eigenvalue weighted by atomic mass is 9.91. The van der Waals surface area contributed by atoms with Gasteiger partial charge in [-0.2, -0.15) is 0 Å². The highest BCUT2D eigenvalue weighted by molar-refractivity contribution is 5.30. The first-order valence-electron chi connectivity index (χ1n) is 9.12. The lowest BCUT2D eigenvalue weighted by molar-refractivity contribution is 0.0724. The monoisotopic (exact) mass is 378 g/mol. The Morgan fingerprint density at radius 1 is 0.926 bits per heavy atom. The largest absolute Gasteiger partial charge is 0.493 e. The molecular weight excluding hydrogens is 357 g/mol. The average Bonchev–Trinajstić information content (AvgIpc) is 2.66. The zero-order chi connectivity index (χ0) is 18.8. The predicted molar refractivity (Wildman–Crippen MR) is 94.1 cm³/mol. The second-order valence-corrected chi connectivity index (χ2v) is 7.16. The molecule has 2 atom stereocenters. The highest BCUT2D eigenvalue weighted by Crippen LogP contribution is 2.27. The molecule has 2 aliphatic rings. The fourth-order valence-electron chi connectivity index (χ4n) is 3.87. The van der Waals surface area contributed by atoms with Crippen LogP contribution < -0.4 is 9.64 Å². The van der Waals surface area contributed by atoms with Crippen molar-refractivity contribution in [2.75, 3.05) is 37.7 Å². The summed E-state index contributed by atoms with van der Waals surface area (Å²) in [6.07, 6.45) is 4.37. The van der Waals surface area contributed by atoms with Crippen LogP contribution in [-0.4, -0.2) is 53.7 Å². The van der Waals surface area contributed by atoms with Crippen LogP contribution in [0, 0.1) is 23.4 Å². The molecule has 1 aromatic carbocycles. The van der Waals surface area contributed by atoms with Crippen molar-refractivity contribution < 1.29 is 17.9 Å². The first-order chi connectivity index (χ1) is 13.1. The van der Waals surface area contributed by atoms with E-state index in [2.05, 4.69) is 19.8 Å². The van der Waals surface area contributed by atoms with Gasteiger partial charge >= 0.3 is 0 Å². The molecule has 1 aromatic heterocycles. The number of rotatable bonds is 4. The van der Waals surface area contributed by atoms with Crippen molar-refractivity contribution >= 4 is 5.95 Å². The number of hydrogen-bond donors (Lipinski definition) is 0. The second-order valence-electron chi connectivity index (χ2n) is 7.16. The summed E-state index contributed by atoms with van der Waals surface area (Å²) in [5, 5.41) is 0. The van der Waals surface area contributed by atoms with Crippen molar-refractivity contribution in [2.24, 2.45) is 5.92 Å². The lowest BCUT2D eigenvalue weighted by Crippen LogP contribution is -2.57. The number of hydrogen-bond acceptors (Lipinski definition) is 5. The summed E-state index contributed by atoms with van der Waals surface area (Å²) in [6.45, 7) is 3.80. The predicted octanol–water partition coefficient (Wildman–Crippen LogP) is 2.87. The zero-order valence-corrected chi connectivity index (χ0v) is 14.8. The van der Waals surface area contributed by atoms with Gasteiger partial charge in [-0.1, -0.05) is 0 Å². The van der Waals surface area contributed by atoms with Gasteiger partial charge in [-0.05, 0) is 12.8 Å². The maximum absolute atomic E-state index is 13.2. The molecule has 4 rings (SSSR count). The molecule has 0 aliphatic carbocycles. The van der Waals surface area contributed by atoms with Crippen LogP contribution in [0.5, 0.6) is 5.75 Å². The van der Waals surface area contributed by atoms with E-state index >= 15 is 0 Å². The van der Waals surface area contributed by atoms with Crippen molar-refractivity contribution in [3.8, 4) is 5.75 Å². The third-order valence-corrected chi connectivity index (χ3v) is 5.22. The van der Waals surface area contributed by atoms with Gasteiger partial charge in [0.05, 0.1) is 19.0 Å². The van der Waals surface area contributed by atoms with Gasteiger partial charge < -0.3 is 9.64 Å². The number of piperidine rings is 1. The van der Waals surface area contributed by atoms with E-state index in [-0.39, 0.29) is 5.75 Å². The van der Waals surface area contributed by atoms with Gasteiger partial charge in [0.1, 0.15) is 17.4 Å². The van der Waals surface area contributed by atoms with E-state index in [1.165, 1.54) is 24.5 Å². The van der Waals surface area contributed by atoms with Crippen LogP contribution in [0.25, 0.3) is 0 Å². The van der Waals surface area contributed by atoms with Crippen molar-refractivity contribution in [3.63, 3.8) is 0 Å². The number of aromatic nitrogens is 2. The van der Waals surface area contributed by atoms with Crippen molar-refractivity contribution in [3.05, 3.63) is 48.0 Å². The summed E-state index contributed by atoms with van der Waals surface area (Å²) in [5.41, 5.74) is 0. The van der Waals surface area contributed by atoms with Gasteiger partial charge in [-0.3, -0.25) is 4.90 Å². The van der Waals surface area contributed by atoms with Crippen LogP contribution in [-0.2, 0) is 0 Å². The first kappa shape index (κ1) is 18.0. The maximum atomic E-state index is 13.2. The highest BCUT2D eigenvalue weighted by atomic mass is 19.1. The first-order valence-corrected chi connectivity index (χ1v) is 9.12. The molecule has 2 unspecified atom stereocenters. The van der Waals surface area contributed by atoms with Crippen LogP contribution in [0.15, 0.2) is 30.6 Å². The molecule has 8 heteroatoms. The quantitative estimate of drug-likeness (QED) is 0.818. The summed E-state index contributed by atoms with van der Waals surface area (Å²) < 4.78 is 45.1. The minimum absolute atomic E-state index is 0.230. The molecule has 0 amide bonds. The SMILES string of the molecule is Fc1cnc(N2CCN3CC(COc4cc(F)cc(F)c4)CCC3C2)nc1. The molecule has 144 valence electrons. The topological polar surface area (TPSA) is 41.5 Å². The second kappa shape index (κ2) is 7.72. The number of piperazine rings is 1. The Kier molecular flexibility index (Phi) is 5.15. The molecule has 5 nitrogen and oxygen atoms in total. The van der Waals surface area contributed by atoms with Gasteiger partial charge in [0.15, 0.2) is 5.82 Å². The molecule has 27 heavy (non-hydrogen) atoms. The van der Waals surface area contributed by atoms with Crippen molar-refractivity contribution in [1.82, 2.24) is 14.9 Å². The molecular formula is C19H21F3N4O. The Morgan fingerprint density at radius 2 is 1.67 bits per heavy atom. The van der Waals surface area contributed by atoms with Crippen LogP contribution in [0.3, 0.4) is 0 Å². The number of halogens is 3. The van der Waals surface area contributed by atoms with E-state index in [9.17, 15) is 13.2 Å². The number of anilines is 1. The minimum atomic E-state index is -0.632. The van der Waals surface area contributed by atoms with E-state index < -0.39 is 17.5 Å². The standard InChI is InChI=1S/C19H21F3N4O/c20-14-5-15(21)7-18(6-14)27-12-13-1-2-17-11-26(4-3-25(17)10-13)19-23-8-16(22)9-24-19/h5-9,13,17H,1-4,10-12H2. The molecule has 2 aliphatic heterocycles. The molecule has 0 radical (unpaired) electrons. The van der Waals surface area contributed by atoms with Gasteiger partial charge in [-0.25, -0.2) is 23.1 Å². The van der Waals surface area contributed by atoms with Gasteiger partial charge in [0.2, 0.25) is 5.95 Å². The van der Waals surface area contributed by atoms with Gasteiger partial charge in [0, 0.05) is 56.3 Å². The van der Waals surface area contributed by atoms with E-state index in [0.717, 1.165) is 45.1 Å². The summed E-state index contributed by atoms with van der Waals surface area (Å²) >= 11 is 0. The maximum Gasteiger partial charge on any atom is 0.225 e. The minimum Gasteiger partial charge on any atom is -0.493 e. The Labute approximate surface area is 155 Å². The Morgan fingerprint density at radius 3 is 2.41 bits per heavy atom. The average molecular weight is 378 g/mol. The summed E-state index contributed by atoms with van der Waals surface area (Å²) in [5.74, 6) is -0.583. The van der Waals surface area contributed by atoms with Gasteiger partial charge in [-0.15, -0.1) is 0 Å². The molecule has 2 aromatic rings. The molecule has 0 saturated carbocycles. The fourth-order valence-corrected chi connectivity index (χ4v) is 3.87. The normalized spacial score (nSPS) is 23.1. The summed E-state index contributed by atoms with van der Waals surface area (Å²) in [4.78, 5) is 12.7. The Bertz CT molecular complexity index is 769. The third kappa shape index (κ3) is 4.32. The van der Waals surface area contributed by atoms with Crippen LogP contribution in [0.1, 0.15) is 12.8 Å². The fraction of sp³-hybridized carbons (Fsp3) is 0.474. The highest BCUT2D eigenvalue weighted by Gasteiger charge is 2.33. The van der Waals surface area contributed by atoms with Crippen LogP contribution in [0.2, 0.25) is 0 Å². The Hall–Kier alpha value is -2.35. The van der Waals surface area contributed by atoms with E-state index in [1.54, 1.807) is 0 Å². The zero-order valence-electron chi connectivity index (χ0n) is 14.8. The van der Waals surface area contributed by atoms with Crippen LogP contribution in [0.4, 0.5) is 19.1 Å². The molecule has 2 saturated heterocycles. The van der Waals surface area contributed by atoms with E-state index in [0.29, 0.717) is 24.5 Å². The molecule has 0 spiro atoms. The number of nitrogens with zero attached hydrogens (tertiary/aromatic N) is 4. The van der Waals surface area contributed by atoms with Crippen LogP contribution >= 0.6 is 0 Å². The van der Waals surface area contributed by atoms with Crippen molar-refractivity contribution in [2.45, 2.75) is 18.9 Å². The molecule has 0 bridgehead atoms. The van der Waals surface area contributed by atoms with E-state index in [4.69, 9.17) is 4.74 Å². The molecule has 0 N–H and O–H groups in total. The smallest absolute Gasteiger partial charge is 0.225 e. The van der Waals surface area contributed by atoms with Gasteiger partial charge in [0.25, 0.3) is 0 Å².